The lowest BCUT2D eigenvalue weighted by Gasteiger charge is -2.22. The van der Waals surface area contributed by atoms with Gasteiger partial charge in [0.25, 0.3) is 5.91 Å². The van der Waals surface area contributed by atoms with Gasteiger partial charge in [0.15, 0.2) is 0 Å². The Morgan fingerprint density at radius 2 is 2.03 bits per heavy atom. The molecule has 0 aromatic rings. The molecule has 1 rings (SSSR count). The fourth-order valence-corrected chi connectivity index (χ4v) is 3.27. The predicted octanol–water partition coefficient (Wildman–Crippen LogP) is 4.09. The normalized spacial score (nSPS) is 20.1. The molecule has 0 radical (unpaired) electrons. The van der Waals surface area contributed by atoms with Crippen molar-refractivity contribution in [1.29, 1.82) is 0 Å². The number of amides is 1. The van der Waals surface area contributed by atoms with E-state index >= 15 is 0 Å². The monoisotopic (exact) mass is 427 g/mol. The van der Waals surface area contributed by atoms with Gasteiger partial charge in [0.1, 0.15) is 0 Å². The molecule has 1 fully saturated rings. The van der Waals surface area contributed by atoms with Crippen molar-refractivity contribution in [2.75, 3.05) is 13.7 Å². The van der Waals surface area contributed by atoms with E-state index in [1.54, 1.807) is 0 Å². The van der Waals surface area contributed by atoms with E-state index in [0.29, 0.717) is 25.7 Å². The number of likely N-dealkylation sites (tertiary alicyclic amines) is 1. The first-order valence-electron chi connectivity index (χ1n) is 10.8. The van der Waals surface area contributed by atoms with Gasteiger partial charge in [0, 0.05) is 32.2 Å². The van der Waals surface area contributed by atoms with Gasteiger partial charge < -0.3 is 14.7 Å². The third kappa shape index (κ3) is 8.83. The first-order valence-corrected chi connectivity index (χ1v) is 10.8. The molecule has 1 amide bonds. The Bertz CT molecular complexity index is 639. The zero-order chi connectivity index (χ0) is 22.6. The highest BCUT2D eigenvalue weighted by Gasteiger charge is 2.52. The Labute approximate surface area is 178 Å². The number of ether oxygens (including phenoxy) is 1. The maximum Gasteiger partial charge on any atom is 0.327 e. The smallest absolute Gasteiger partial charge is 0.327 e. The zero-order valence-corrected chi connectivity index (χ0v) is 18.3. The van der Waals surface area contributed by atoms with Crippen molar-refractivity contribution in [2.24, 2.45) is 5.92 Å². The highest BCUT2D eigenvalue weighted by Crippen LogP contribution is 2.34. The third-order valence-corrected chi connectivity index (χ3v) is 5.23. The first kappa shape index (κ1) is 26.1. The Balaban J connectivity index is 2.55. The summed E-state index contributed by atoms with van der Waals surface area (Å²) in [5.74, 6) is 1.14. The maximum absolute atomic E-state index is 14.0. The molecular formula is C23H35F2NO4. The number of carbonyl (C=O) groups is 2. The number of carbonyl (C=O) groups excluding carboxylic acids is 2. The number of nitrogens with zero attached hydrogens (tertiary/aromatic N) is 1. The fraction of sp³-hybridized carbons (Fsp3) is 0.739. The summed E-state index contributed by atoms with van der Waals surface area (Å²) in [5, 5.41) is 10.3. The molecule has 1 aliphatic rings. The lowest BCUT2D eigenvalue weighted by Crippen LogP contribution is -2.36. The molecule has 170 valence electrons. The minimum atomic E-state index is -3.37. The van der Waals surface area contributed by atoms with E-state index in [1.165, 1.54) is 24.2 Å². The Morgan fingerprint density at radius 3 is 2.70 bits per heavy atom. The standard InChI is InChI=1S/C23H35F2NO4/c1-4-5-6-9-12-18(2)20(27)15-14-19-17-23(24,25)22(29)26(19)16-11-8-7-10-13-21(28)30-3/h14-15,18-20,27H,4-5,7-8,10-13,16-17H2,1-3H3/b15-14+/t18-,19-,20+/m0/s1. The van der Waals surface area contributed by atoms with Crippen LogP contribution >= 0.6 is 0 Å². The minimum absolute atomic E-state index is 0.119. The molecule has 0 aliphatic carbocycles. The molecule has 5 nitrogen and oxygen atoms in total. The largest absolute Gasteiger partial charge is 0.469 e. The molecule has 0 bridgehead atoms. The van der Waals surface area contributed by atoms with Gasteiger partial charge >= 0.3 is 11.9 Å². The van der Waals surface area contributed by atoms with E-state index in [2.05, 4.69) is 16.6 Å². The van der Waals surface area contributed by atoms with Crippen LogP contribution in [-0.2, 0) is 14.3 Å². The molecule has 1 heterocycles. The first-order chi connectivity index (χ1) is 14.2. The summed E-state index contributed by atoms with van der Waals surface area (Å²) in [6, 6.07) is -0.726. The second kappa shape index (κ2) is 13.4. The molecule has 7 heteroatoms. The SMILES string of the molecule is CCCC#CC[C@H](C)[C@H](O)/C=C/[C@H]1CC(F)(F)C(=O)N1CCCCCCC(=O)OC. The van der Waals surface area contributed by atoms with Crippen molar-refractivity contribution in [3.8, 4) is 11.8 Å². The van der Waals surface area contributed by atoms with Crippen molar-refractivity contribution in [2.45, 2.75) is 89.7 Å². The van der Waals surface area contributed by atoms with Crippen LogP contribution in [0.15, 0.2) is 12.2 Å². The number of esters is 1. The predicted molar refractivity (Wildman–Crippen MR) is 112 cm³/mol. The molecule has 3 atom stereocenters. The van der Waals surface area contributed by atoms with E-state index in [9.17, 15) is 23.5 Å². The zero-order valence-electron chi connectivity index (χ0n) is 18.3. The van der Waals surface area contributed by atoms with Gasteiger partial charge in [-0.3, -0.25) is 9.59 Å². The number of methoxy groups -OCH3 is 1. The summed E-state index contributed by atoms with van der Waals surface area (Å²) >= 11 is 0. The summed E-state index contributed by atoms with van der Waals surface area (Å²) in [6.07, 6.45) is 7.08. The topological polar surface area (TPSA) is 66.8 Å². The lowest BCUT2D eigenvalue weighted by atomic mass is 9.99. The minimum Gasteiger partial charge on any atom is -0.469 e. The van der Waals surface area contributed by atoms with E-state index in [0.717, 1.165) is 25.7 Å². The van der Waals surface area contributed by atoms with Gasteiger partial charge in [-0.2, -0.15) is 8.78 Å². The van der Waals surface area contributed by atoms with Crippen molar-refractivity contribution in [1.82, 2.24) is 4.90 Å². The van der Waals surface area contributed by atoms with Gasteiger partial charge in [0.05, 0.1) is 19.3 Å². The summed E-state index contributed by atoms with van der Waals surface area (Å²) in [4.78, 5) is 24.4. The number of unbranched alkanes of at least 4 members (excludes halogenated alkanes) is 4. The van der Waals surface area contributed by atoms with Crippen LogP contribution in [0.3, 0.4) is 0 Å². The van der Waals surface area contributed by atoms with Crippen LogP contribution < -0.4 is 0 Å². The molecule has 1 aliphatic heterocycles. The Hall–Kier alpha value is -1.94. The van der Waals surface area contributed by atoms with Crippen molar-refractivity contribution in [3.63, 3.8) is 0 Å². The summed E-state index contributed by atoms with van der Waals surface area (Å²) in [6.45, 7) is 4.13. The van der Waals surface area contributed by atoms with Crippen LogP contribution in [0.4, 0.5) is 8.78 Å². The molecule has 0 spiro atoms. The van der Waals surface area contributed by atoms with Crippen molar-refractivity contribution >= 4 is 11.9 Å². The highest BCUT2D eigenvalue weighted by atomic mass is 19.3. The maximum atomic E-state index is 14.0. The summed E-state index contributed by atoms with van der Waals surface area (Å²) in [7, 11) is 1.34. The van der Waals surface area contributed by atoms with E-state index in [1.807, 2.05) is 13.8 Å². The molecule has 0 saturated carbocycles. The third-order valence-electron chi connectivity index (χ3n) is 5.23. The molecule has 1 N–H and O–H groups in total. The van der Waals surface area contributed by atoms with Crippen LogP contribution in [0.1, 0.15) is 71.6 Å². The lowest BCUT2D eigenvalue weighted by molar-refractivity contribution is -0.148. The van der Waals surface area contributed by atoms with Gasteiger partial charge in [-0.15, -0.1) is 11.8 Å². The fourth-order valence-electron chi connectivity index (χ4n) is 3.27. The number of rotatable bonds is 12. The van der Waals surface area contributed by atoms with Crippen LogP contribution in [0.25, 0.3) is 0 Å². The number of hydrogen-bond donors (Lipinski definition) is 1. The molecule has 30 heavy (non-hydrogen) atoms. The number of aliphatic hydroxyl groups is 1. The van der Waals surface area contributed by atoms with Crippen LogP contribution in [0.2, 0.25) is 0 Å². The van der Waals surface area contributed by atoms with E-state index < -0.39 is 30.4 Å². The van der Waals surface area contributed by atoms with E-state index in [4.69, 9.17) is 0 Å². The van der Waals surface area contributed by atoms with Gasteiger partial charge in [-0.05, 0) is 25.2 Å². The molecule has 0 aromatic carbocycles. The second-order valence-electron chi connectivity index (χ2n) is 7.88. The number of hydrogen-bond acceptors (Lipinski definition) is 4. The summed E-state index contributed by atoms with van der Waals surface area (Å²) in [5.41, 5.74) is 0. The van der Waals surface area contributed by atoms with Crippen LogP contribution in [0, 0.1) is 17.8 Å². The van der Waals surface area contributed by atoms with Crippen LogP contribution in [-0.4, -0.2) is 53.6 Å². The molecule has 0 unspecified atom stereocenters. The molecular weight excluding hydrogens is 392 g/mol. The highest BCUT2D eigenvalue weighted by molar-refractivity contribution is 5.86. The average Bonchev–Trinajstić information content (AvgIpc) is 2.94. The number of halogens is 2. The van der Waals surface area contributed by atoms with Gasteiger partial charge in [-0.25, -0.2) is 0 Å². The quantitative estimate of drug-likeness (QED) is 0.220. The van der Waals surface area contributed by atoms with Crippen LogP contribution in [0.5, 0.6) is 0 Å². The van der Waals surface area contributed by atoms with Gasteiger partial charge in [-0.1, -0.05) is 38.8 Å². The number of aliphatic hydroxyl groups excluding tert-OH is 1. The Morgan fingerprint density at radius 1 is 1.33 bits per heavy atom. The molecule has 1 saturated heterocycles. The van der Waals surface area contributed by atoms with E-state index in [-0.39, 0.29) is 18.4 Å². The second-order valence-corrected chi connectivity index (χ2v) is 7.88. The average molecular weight is 428 g/mol. The Kier molecular flexibility index (Phi) is 11.6. The van der Waals surface area contributed by atoms with Crippen molar-refractivity contribution in [3.05, 3.63) is 12.2 Å². The molecule has 0 aromatic heterocycles. The summed E-state index contributed by atoms with van der Waals surface area (Å²) < 4.78 is 32.5. The van der Waals surface area contributed by atoms with Gasteiger partial charge in [0.2, 0.25) is 0 Å². The number of alkyl halides is 2. The van der Waals surface area contributed by atoms with Crippen molar-refractivity contribution < 1.29 is 28.2 Å².